The summed E-state index contributed by atoms with van der Waals surface area (Å²) in [6.07, 6.45) is 1.00. The second-order valence-corrected chi connectivity index (χ2v) is 5.42. The smallest absolute Gasteiger partial charge is 0.189 e. The number of rotatable bonds is 2. The van der Waals surface area contributed by atoms with Crippen molar-refractivity contribution < 1.29 is 9.47 Å². The van der Waals surface area contributed by atoms with Gasteiger partial charge in [0.25, 0.3) is 0 Å². The molecule has 2 aliphatic rings. The van der Waals surface area contributed by atoms with Crippen LogP contribution in [0.3, 0.4) is 0 Å². The maximum absolute atomic E-state index is 5.56. The van der Waals surface area contributed by atoms with Crippen molar-refractivity contribution >= 4 is 0 Å². The molecule has 0 saturated carbocycles. The van der Waals surface area contributed by atoms with Gasteiger partial charge in [-0.25, -0.2) is 0 Å². The Morgan fingerprint density at radius 3 is 2.67 bits per heavy atom. The molecule has 1 aromatic rings. The van der Waals surface area contributed by atoms with Gasteiger partial charge in [-0.3, -0.25) is 0 Å². The molecular formula is C15H21NO2. The SMILES string of the molecule is CC1OC(c2cccc([C@@H]3CCNC[C@@H]3C)c2)O1. The third-order valence-electron chi connectivity index (χ3n) is 4.03. The average molecular weight is 247 g/mol. The van der Waals surface area contributed by atoms with Crippen LogP contribution in [0.5, 0.6) is 0 Å². The monoisotopic (exact) mass is 247 g/mol. The first-order chi connectivity index (χ1) is 8.74. The molecule has 2 saturated heterocycles. The molecular weight excluding hydrogens is 226 g/mol. The van der Waals surface area contributed by atoms with Crippen LogP contribution < -0.4 is 5.32 Å². The maximum Gasteiger partial charge on any atom is 0.189 e. The minimum absolute atomic E-state index is 0.0588. The van der Waals surface area contributed by atoms with Crippen molar-refractivity contribution in [2.45, 2.75) is 38.8 Å². The molecule has 0 unspecified atom stereocenters. The molecule has 2 atom stereocenters. The molecule has 18 heavy (non-hydrogen) atoms. The zero-order valence-corrected chi connectivity index (χ0v) is 11.1. The Balaban J connectivity index is 1.77. The molecule has 0 spiro atoms. The van der Waals surface area contributed by atoms with E-state index in [1.54, 1.807) is 0 Å². The molecule has 2 aliphatic heterocycles. The predicted molar refractivity (Wildman–Crippen MR) is 70.2 cm³/mol. The van der Waals surface area contributed by atoms with Crippen molar-refractivity contribution in [1.82, 2.24) is 5.32 Å². The topological polar surface area (TPSA) is 30.5 Å². The van der Waals surface area contributed by atoms with Crippen LogP contribution in [0.25, 0.3) is 0 Å². The molecule has 0 aromatic heterocycles. The summed E-state index contributed by atoms with van der Waals surface area (Å²) in [7, 11) is 0. The molecule has 3 heteroatoms. The fraction of sp³-hybridized carbons (Fsp3) is 0.600. The normalized spacial score (nSPS) is 36.1. The number of benzene rings is 1. The van der Waals surface area contributed by atoms with Crippen molar-refractivity contribution in [3.63, 3.8) is 0 Å². The summed E-state index contributed by atoms with van der Waals surface area (Å²) in [4.78, 5) is 0. The van der Waals surface area contributed by atoms with E-state index in [-0.39, 0.29) is 12.6 Å². The van der Waals surface area contributed by atoms with Gasteiger partial charge in [0, 0.05) is 5.56 Å². The van der Waals surface area contributed by atoms with Crippen LogP contribution in [0.15, 0.2) is 24.3 Å². The standard InChI is InChI=1S/C15H21NO2/c1-10-9-16-7-6-14(10)12-4-3-5-13(8-12)15-17-11(2)18-15/h3-5,8,10-11,14-16H,6-7,9H2,1-2H3/t10-,11?,14+,15?/m0/s1. The fourth-order valence-corrected chi connectivity index (χ4v) is 2.96. The van der Waals surface area contributed by atoms with Crippen LogP contribution in [0.2, 0.25) is 0 Å². The molecule has 1 N–H and O–H groups in total. The van der Waals surface area contributed by atoms with Gasteiger partial charge in [0.15, 0.2) is 12.6 Å². The molecule has 3 rings (SSSR count). The Labute approximate surface area is 108 Å². The molecule has 0 bridgehead atoms. The average Bonchev–Trinajstić information content (AvgIpc) is 2.36. The summed E-state index contributed by atoms with van der Waals surface area (Å²) in [5, 5.41) is 3.45. The third-order valence-corrected chi connectivity index (χ3v) is 4.03. The van der Waals surface area contributed by atoms with E-state index in [9.17, 15) is 0 Å². The highest BCUT2D eigenvalue weighted by atomic mass is 16.9. The van der Waals surface area contributed by atoms with Crippen LogP contribution in [-0.4, -0.2) is 19.4 Å². The summed E-state index contributed by atoms with van der Waals surface area (Å²) < 4.78 is 11.1. The molecule has 98 valence electrons. The molecule has 0 aliphatic carbocycles. The number of hydrogen-bond donors (Lipinski definition) is 1. The molecule has 0 radical (unpaired) electrons. The molecule has 3 nitrogen and oxygen atoms in total. The van der Waals surface area contributed by atoms with Crippen LogP contribution in [-0.2, 0) is 9.47 Å². The number of hydrogen-bond acceptors (Lipinski definition) is 3. The first-order valence-corrected chi connectivity index (χ1v) is 6.85. The third kappa shape index (κ3) is 2.30. The van der Waals surface area contributed by atoms with Crippen molar-refractivity contribution in [2.75, 3.05) is 13.1 Å². The summed E-state index contributed by atoms with van der Waals surface area (Å²) in [6.45, 7) is 6.48. The van der Waals surface area contributed by atoms with E-state index < -0.39 is 0 Å². The van der Waals surface area contributed by atoms with Crippen molar-refractivity contribution in [3.8, 4) is 0 Å². The second-order valence-electron chi connectivity index (χ2n) is 5.42. The van der Waals surface area contributed by atoms with Gasteiger partial charge in [-0.1, -0.05) is 31.2 Å². The Morgan fingerprint density at radius 1 is 1.17 bits per heavy atom. The van der Waals surface area contributed by atoms with Gasteiger partial charge >= 0.3 is 0 Å². The lowest BCUT2D eigenvalue weighted by molar-refractivity contribution is -0.382. The van der Waals surface area contributed by atoms with Crippen LogP contribution >= 0.6 is 0 Å². The highest BCUT2D eigenvalue weighted by Gasteiger charge is 2.29. The molecule has 2 heterocycles. The highest BCUT2D eigenvalue weighted by molar-refractivity contribution is 5.28. The van der Waals surface area contributed by atoms with E-state index in [0.29, 0.717) is 11.8 Å². The van der Waals surface area contributed by atoms with E-state index in [1.165, 1.54) is 12.0 Å². The minimum atomic E-state index is -0.156. The zero-order chi connectivity index (χ0) is 12.5. The predicted octanol–water partition coefficient (Wildman–Crippen LogP) is 2.79. The first kappa shape index (κ1) is 12.2. The summed E-state index contributed by atoms with van der Waals surface area (Å²) >= 11 is 0. The summed E-state index contributed by atoms with van der Waals surface area (Å²) in [5.41, 5.74) is 2.57. The van der Waals surface area contributed by atoms with E-state index in [4.69, 9.17) is 9.47 Å². The quantitative estimate of drug-likeness (QED) is 0.871. The van der Waals surface area contributed by atoms with Crippen LogP contribution in [0, 0.1) is 5.92 Å². The Bertz CT molecular complexity index is 415. The maximum atomic E-state index is 5.56. The van der Waals surface area contributed by atoms with Gasteiger partial charge in [0.1, 0.15) is 0 Å². The minimum Gasteiger partial charge on any atom is -0.320 e. The van der Waals surface area contributed by atoms with E-state index in [1.807, 2.05) is 6.92 Å². The van der Waals surface area contributed by atoms with E-state index in [0.717, 1.165) is 18.7 Å². The van der Waals surface area contributed by atoms with Crippen molar-refractivity contribution in [1.29, 1.82) is 0 Å². The lowest BCUT2D eigenvalue weighted by atomic mass is 9.82. The summed E-state index contributed by atoms with van der Waals surface area (Å²) in [6, 6.07) is 8.70. The second kappa shape index (κ2) is 5.00. The number of piperidine rings is 1. The molecule has 0 amide bonds. The van der Waals surface area contributed by atoms with Gasteiger partial charge in [-0.15, -0.1) is 0 Å². The fourth-order valence-electron chi connectivity index (χ4n) is 2.96. The highest BCUT2D eigenvalue weighted by Crippen LogP contribution is 2.35. The largest absolute Gasteiger partial charge is 0.320 e. The van der Waals surface area contributed by atoms with Gasteiger partial charge in [0.05, 0.1) is 0 Å². The van der Waals surface area contributed by atoms with Crippen LogP contribution in [0.4, 0.5) is 0 Å². The Morgan fingerprint density at radius 2 is 1.94 bits per heavy atom. The van der Waals surface area contributed by atoms with Gasteiger partial charge < -0.3 is 14.8 Å². The van der Waals surface area contributed by atoms with Crippen molar-refractivity contribution in [2.24, 2.45) is 5.92 Å². The van der Waals surface area contributed by atoms with Crippen LogP contribution in [0.1, 0.15) is 43.6 Å². The van der Waals surface area contributed by atoms with Gasteiger partial charge in [0.2, 0.25) is 0 Å². The van der Waals surface area contributed by atoms with E-state index >= 15 is 0 Å². The zero-order valence-electron chi connectivity index (χ0n) is 11.1. The Kier molecular flexibility index (Phi) is 3.37. The number of nitrogens with one attached hydrogen (secondary N) is 1. The molecule has 2 fully saturated rings. The number of ether oxygens (including phenoxy) is 2. The van der Waals surface area contributed by atoms with Gasteiger partial charge in [-0.2, -0.15) is 0 Å². The van der Waals surface area contributed by atoms with E-state index in [2.05, 4.69) is 36.5 Å². The lowest BCUT2D eigenvalue weighted by Gasteiger charge is -2.35. The summed E-state index contributed by atoms with van der Waals surface area (Å²) in [5.74, 6) is 1.35. The first-order valence-electron chi connectivity index (χ1n) is 6.85. The lowest BCUT2D eigenvalue weighted by Crippen LogP contribution is -2.34. The van der Waals surface area contributed by atoms with Gasteiger partial charge in [-0.05, 0) is 43.8 Å². The van der Waals surface area contributed by atoms with Crippen molar-refractivity contribution in [3.05, 3.63) is 35.4 Å². The molecule has 1 aromatic carbocycles. The Hall–Kier alpha value is -0.900.